The second-order valence-electron chi connectivity index (χ2n) is 9.09. The summed E-state index contributed by atoms with van der Waals surface area (Å²) >= 11 is 0. The fourth-order valence-electron chi connectivity index (χ4n) is 5.01. The zero-order chi connectivity index (χ0) is 20.6. The summed E-state index contributed by atoms with van der Waals surface area (Å²) in [5, 5.41) is 10.3. The normalized spacial score (nSPS) is 30.8. The molecule has 1 N–H and O–H groups in total. The molecule has 3 aliphatic rings. The van der Waals surface area contributed by atoms with E-state index in [1.165, 1.54) is 11.3 Å². The van der Waals surface area contributed by atoms with E-state index in [-0.39, 0.29) is 11.3 Å². The van der Waals surface area contributed by atoms with Gasteiger partial charge in [-0.05, 0) is 63.6 Å². The molecule has 3 fully saturated rings. The van der Waals surface area contributed by atoms with Gasteiger partial charge in [0.2, 0.25) is 0 Å². The molecule has 156 valence electrons. The van der Waals surface area contributed by atoms with Crippen molar-refractivity contribution in [3.63, 3.8) is 0 Å². The molecule has 0 aromatic heterocycles. The highest BCUT2D eigenvalue weighted by molar-refractivity contribution is 5.84. The predicted molar refractivity (Wildman–Crippen MR) is 115 cm³/mol. The molecule has 4 rings (SSSR count). The average Bonchev–Trinajstić information content (AvgIpc) is 3.00. The molecule has 1 saturated carbocycles. The number of aliphatic hydroxyl groups excluding tert-OH is 1. The van der Waals surface area contributed by atoms with E-state index in [1.54, 1.807) is 0 Å². The van der Waals surface area contributed by atoms with Gasteiger partial charge in [-0.25, -0.2) is 0 Å². The molecule has 3 atom stereocenters. The Bertz CT molecular complexity index is 825. The molecule has 1 aliphatic carbocycles. The fourth-order valence-corrected chi connectivity index (χ4v) is 5.01. The van der Waals surface area contributed by atoms with Crippen molar-refractivity contribution in [2.45, 2.75) is 57.2 Å². The van der Waals surface area contributed by atoms with E-state index in [0.29, 0.717) is 25.5 Å². The van der Waals surface area contributed by atoms with E-state index in [9.17, 15) is 9.90 Å². The van der Waals surface area contributed by atoms with Gasteiger partial charge < -0.3 is 14.7 Å². The summed E-state index contributed by atoms with van der Waals surface area (Å²) in [5.74, 6) is 0.873. The van der Waals surface area contributed by atoms with E-state index < -0.39 is 6.10 Å². The minimum absolute atomic E-state index is 0.000793. The van der Waals surface area contributed by atoms with E-state index in [0.717, 1.165) is 37.2 Å². The third-order valence-corrected chi connectivity index (χ3v) is 6.70. The van der Waals surface area contributed by atoms with Crippen LogP contribution >= 0.6 is 0 Å². The van der Waals surface area contributed by atoms with Crippen molar-refractivity contribution in [1.82, 2.24) is 9.80 Å². The number of hydrogen-bond acceptors (Lipinski definition) is 5. The number of likely N-dealkylation sites (N-methyl/N-ethyl adjacent to an activating group) is 1. The van der Waals surface area contributed by atoms with Crippen LogP contribution in [0, 0.1) is 0 Å². The molecule has 1 aromatic carbocycles. The number of benzene rings is 1. The molecule has 0 amide bonds. The Balaban J connectivity index is 1.53. The SMILES string of the molecule is CC(C)=CCOc1ccc(/C=C2/CN(C)[C@@H]3CN2C2(CCC(=O)[C@H](O)C2)C3)cc1. The zero-order valence-electron chi connectivity index (χ0n) is 17.7. The quantitative estimate of drug-likeness (QED) is 0.792. The molecule has 2 aliphatic heterocycles. The van der Waals surface area contributed by atoms with Crippen molar-refractivity contribution >= 4 is 11.9 Å². The van der Waals surface area contributed by atoms with Crippen LogP contribution in [-0.2, 0) is 4.79 Å². The number of rotatable bonds is 4. The molecule has 1 spiro atoms. The number of nitrogens with zero attached hydrogens (tertiary/aromatic N) is 2. The van der Waals surface area contributed by atoms with Crippen LogP contribution in [0.5, 0.6) is 5.75 Å². The molecular formula is C24H32N2O3. The third-order valence-electron chi connectivity index (χ3n) is 6.70. The molecule has 2 heterocycles. The number of Topliss-reactive ketones (excluding diaryl/α,β-unsaturated/α-hetero) is 1. The number of ether oxygens (including phenoxy) is 1. The van der Waals surface area contributed by atoms with Crippen LogP contribution in [0.15, 0.2) is 41.6 Å². The van der Waals surface area contributed by atoms with Crippen LogP contribution in [0.3, 0.4) is 0 Å². The topological polar surface area (TPSA) is 53.0 Å². The largest absolute Gasteiger partial charge is 0.490 e. The summed E-state index contributed by atoms with van der Waals surface area (Å²) in [7, 11) is 2.18. The Labute approximate surface area is 173 Å². The summed E-state index contributed by atoms with van der Waals surface area (Å²) in [6.45, 7) is 6.60. The van der Waals surface area contributed by atoms with Gasteiger partial charge in [-0.3, -0.25) is 9.69 Å². The van der Waals surface area contributed by atoms with E-state index in [4.69, 9.17) is 4.74 Å². The molecular weight excluding hydrogens is 364 g/mol. The van der Waals surface area contributed by atoms with Gasteiger partial charge in [0.05, 0.1) is 0 Å². The molecule has 5 heteroatoms. The minimum atomic E-state index is -0.813. The Morgan fingerprint density at radius 3 is 2.72 bits per heavy atom. The number of aliphatic hydroxyl groups is 1. The number of ketones is 1. The predicted octanol–water partition coefficient (Wildman–Crippen LogP) is 3.24. The van der Waals surface area contributed by atoms with Crippen molar-refractivity contribution in [3.8, 4) is 5.75 Å². The number of piperazine rings is 1. The van der Waals surface area contributed by atoms with Crippen molar-refractivity contribution in [2.24, 2.45) is 0 Å². The Kier molecular flexibility index (Phi) is 5.54. The first kappa shape index (κ1) is 20.2. The van der Waals surface area contributed by atoms with Gasteiger partial charge in [0.15, 0.2) is 5.78 Å². The standard InChI is InChI=1S/C24H32N2O3/c1-17(2)9-11-29-21-6-4-18(5-7-21)12-19-15-25(3)20-13-24(26(19)16-20)10-8-22(27)23(28)14-24/h4-7,9,12,20,23,28H,8,10-11,13-16H2,1-3H3/b19-12-/t20-,23+,24?/m0/s1. The smallest absolute Gasteiger partial charge is 0.161 e. The van der Waals surface area contributed by atoms with Gasteiger partial charge in [0, 0.05) is 43.2 Å². The van der Waals surface area contributed by atoms with E-state index in [1.807, 2.05) is 12.1 Å². The van der Waals surface area contributed by atoms with Gasteiger partial charge in [0.1, 0.15) is 18.5 Å². The van der Waals surface area contributed by atoms with Gasteiger partial charge in [0.25, 0.3) is 0 Å². The number of fused-ring (bicyclic) bond motifs is 3. The summed E-state index contributed by atoms with van der Waals surface area (Å²) in [6, 6.07) is 8.73. The summed E-state index contributed by atoms with van der Waals surface area (Å²) in [4.78, 5) is 16.8. The molecule has 2 bridgehead atoms. The van der Waals surface area contributed by atoms with E-state index in [2.05, 4.69) is 55.0 Å². The van der Waals surface area contributed by atoms with Crippen LogP contribution in [0.2, 0.25) is 0 Å². The van der Waals surface area contributed by atoms with Gasteiger partial charge in [-0.2, -0.15) is 0 Å². The van der Waals surface area contributed by atoms with Crippen molar-refractivity contribution in [1.29, 1.82) is 0 Å². The van der Waals surface area contributed by atoms with Crippen molar-refractivity contribution < 1.29 is 14.6 Å². The second kappa shape index (κ2) is 7.96. The summed E-state index contributed by atoms with van der Waals surface area (Å²) < 4.78 is 5.76. The molecule has 0 radical (unpaired) electrons. The fraction of sp³-hybridized carbons (Fsp3) is 0.542. The summed E-state index contributed by atoms with van der Waals surface area (Å²) in [5.41, 5.74) is 3.60. The lowest BCUT2D eigenvalue weighted by atomic mass is 9.77. The highest BCUT2D eigenvalue weighted by Gasteiger charge is 2.53. The second-order valence-corrected chi connectivity index (χ2v) is 9.09. The lowest BCUT2D eigenvalue weighted by molar-refractivity contribution is -0.133. The molecule has 2 saturated heterocycles. The van der Waals surface area contributed by atoms with Crippen LogP contribution in [0.25, 0.3) is 6.08 Å². The lowest BCUT2D eigenvalue weighted by Gasteiger charge is -2.45. The first-order valence-electron chi connectivity index (χ1n) is 10.6. The maximum absolute atomic E-state index is 11.9. The van der Waals surface area contributed by atoms with E-state index >= 15 is 0 Å². The van der Waals surface area contributed by atoms with Crippen molar-refractivity contribution in [2.75, 3.05) is 26.7 Å². The average molecular weight is 397 g/mol. The lowest BCUT2D eigenvalue weighted by Crippen LogP contribution is -2.52. The number of hydrogen-bond donors (Lipinski definition) is 1. The Morgan fingerprint density at radius 2 is 2.03 bits per heavy atom. The maximum Gasteiger partial charge on any atom is 0.161 e. The molecule has 1 aromatic rings. The Hall–Kier alpha value is -2.11. The highest BCUT2D eigenvalue weighted by atomic mass is 16.5. The summed E-state index contributed by atoms with van der Waals surface area (Å²) in [6.07, 6.45) is 6.43. The third kappa shape index (κ3) is 4.12. The van der Waals surface area contributed by atoms with Crippen LogP contribution in [0.1, 0.15) is 45.1 Å². The van der Waals surface area contributed by atoms with Crippen LogP contribution in [-0.4, -0.2) is 65.1 Å². The van der Waals surface area contributed by atoms with Gasteiger partial charge in [-0.1, -0.05) is 17.7 Å². The van der Waals surface area contributed by atoms with Crippen LogP contribution < -0.4 is 4.74 Å². The number of carbonyl (C=O) groups excluding carboxylic acids is 1. The zero-order valence-corrected chi connectivity index (χ0v) is 17.7. The minimum Gasteiger partial charge on any atom is -0.490 e. The van der Waals surface area contributed by atoms with Crippen molar-refractivity contribution in [3.05, 3.63) is 47.2 Å². The molecule has 1 unspecified atom stereocenters. The molecule has 29 heavy (non-hydrogen) atoms. The number of carbonyl (C=O) groups is 1. The maximum atomic E-state index is 11.9. The number of allylic oxidation sites excluding steroid dienone is 1. The van der Waals surface area contributed by atoms with Crippen LogP contribution in [0.4, 0.5) is 0 Å². The van der Waals surface area contributed by atoms with Gasteiger partial charge in [-0.15, -0.1) is 0 Å². The first-order chi connectivity index (χ1) is 13.9. The monoisotopic (exact) mass is 396 g/mol. The highest BCUT2D eigenvalue weighted by Crippen LogP contribution is 2.46. The van der Waals surface area contributed by atoms with Gasteiger partial charge >= 0.3 is 0 Å². The molecule has 5 nitrogen and oxygen atoms in total. The Morgan fingerprint density at radius 1 is 1.28 bits per heavy atom. The first-order valence-corrected chi connectivity index (χ1v) is 10.6.